The zero-order chi connectivity index (χ0) is 23.1. The molecule has 5 unspecified atom stereocenters. The summed E-state index contributed by atoms with van der Waals surface area (Å²) in [5.74, 6) is -1.37. The molecular weight excluding hydrogens is 507 g/mol. The number of hydrogen-bond acceptors (Lipinski definition) is 10. The van der Waals surface area contributed by atoms with Crippen LogP contribution in [0.4, 0.5) is 4.39 Å². The Hall–Kier alpha value is -0.770. The number of ether oxygens (including phenoxy) is 1. The first-order valence-electron chi connectivity index (χ1n) is 7.27. The summed E-state index contributed by atoms with van der Waals surface area (Å²) in [6.45, 7) is -1.12. The first kappa shape index (κ1) is 25.5. The molecule has 0 aliphatic carbocycles. The lowest BCUT2D eigenvalue weighted by molar-refractivity contribution is -0.0546. The van der Waals surface area contributed by atoms with E-state index in [0.717, 1.165) is 0 Å². The number of aromatic nitrogens is 2. The first-order valence-corrected chi connectivity index (χ1v) is 12.2. The van der Waals surface area contributed by atoms with Crippen LogP contribution in [0.5, 0.6) is 0 Å². The summed E-state index contributed by atoms with van der Waals surface area (Å²) < 4.78 is 63.8. The van der Waals surface area contributed by atoms with Crippen LogP contribution in [-0.4, -0.2) is 52.0 Å². The normalized spacial score (nSPS) is 28.8. The van der Waals surface area contributed by atoms with Gasteiger partial charge < -0.3 is 29.4 Å². The first-order chi connectivity index (χ1) is 13.4. The highest BCUT2D eigenvalue weighted by molar-refractivity contribution is 7.66. The topological polar surface area (TPSA) is 244 Å². The molecule has 2 rings (SSSR count). The van der Waals surface area contributed by atoms with Gasteiger partial charge in [0.25, 0.3) is 5.56 Å². The molecule has 30 heavy (non-hydrogen) atoms. The van der Waals surface area contributed by atoms with Crippen molar-refractivity contribution < 1.29 is 60.6 Å². The molecule has 172 valence electrons. The average Bonchev–Trinajstić information content (AvgIpc) is 2.80. The number of hydrogen-bond donors (Lipinski definition) is 6. The molecule has 0 aromatic carbocycles. The number of nitrogens with zero attached hydrogens (tertiary/aromatic N) is 1. The molecule has 1 aromatic heterocycles. The summed E-state index contributed by atoms with van der Waals surface area (Å²) in [5.41, 5.74) is -2.45. The summed E-state index contributed by atoms with van der Waals surface area (Å²) in [6, 6.07) is 0. The minimum absolute atomic E-state index is 0.462. The van der Waals surface area contributed by atoms with Crippen LogP contribution >= 0.6 is 35.1 Å². The van der Waals surface area contributed by atoms with Crippen molar-refractivity contribution in [2.45, 2.75) is 23.8 Å². The number of halogens is 2. The second-order valence-corrected chi connectivity index (χ2v) is 10.7. The van der Waals surface area contributed by atoms with E-state index in [9.17, 15) is 37.7 Å². The Kier molecular flexibility index (Phi) is 7.34. The highest BCUT2D eigenvalue weighted by Crippen LogP contribution is 2.66. The summed E-state index contributed by atoms with van der Waals surface area (Å²) in [5, 5.41) is 7.75. The number of alkyl halides is 1. The van der Waals surface area contributed by atoms with E-state index in [1.165, 1.54) is 0 Å². The quantitative estimate of drug-likeness (QED) is 0.182. The van der Waals surface area contributed by atoms with E-state index in [2.05, 4.69) is 13.1 Å². The lowest BCUT2D eigenvalue weighted by Crippen LogP contribution is -2.35. The van der Waals surface area contributed by atoms with Gasteiger partial charge in [-0.1, -0.05) is 11.6 Å². The third-order valence-corrected chi connectivity index (χ3v) is 7.52. The van der Waals surface area contributed by atoms with Gasteiger partial charge in [0, 0.05) is 6.42 Å². The highest BCUT2D eigenvalue weighted by Gasteiger charge is 2.49. The maximum Gasteiger partial charge on any atom is 0.490 e. The van der Waals surface area contributed by atoms with Gasteiger partial charge in [0.2, 0.25) is 5.82 Å². The van der Waals surface area contributed by atoms with Crippen molar-refractivity contribution in [3.05, 3.63) is 32.9 Å². The third-order valence-electron chi connectivity index (χ3n) is 3.32. The monoisotopic (exact) mass is 520 g/mol. The SMILES string of the molecule is O=c1[nH]c(=O)n(C2CC(O)(Cl)C(COP(=O)(O)OP(=O)(O)OP(=O)(O)O)O2)cc1F. The van der Waals surface area contributed by atoms with E-state index in [4.69, 9.17) is 31.0 Å². The number of phosphoric ester groups is 1. The Morgan fingerprint density at radius 3 is 2.40 bits per heavy atom. The van der Waals surface area contributed by atoms with Crippen molar-refractivity contribution in [1.29, 1.82) is 0 Å². The van der Waals surface area contributed by atoms with E-state index in [0.29, 0.717) is 10.8 Å². The molecule has 6 N–H and O–H groups in total. The second-order valence-electron chi connectivity index (χ2n) is 5.63. The molecule has 1 saturated heterocycles. The standard InChI is InChI=1S/C9H13ClFN2O14P3/c10-9(16)1-6(13-2-4(11)7(14)12-8(13)15)25-5(9)3-24-29(20,21)27-30(22,23)26-28(17,18)19/h2,5-6,16H,1,3H2,(H,20,21)(H,22,23)(H,12,14,15)(H2,17,18,19). The van der Waals surface area contributed by atoms with Crippen molar-refractivity contribution >= 4 is 35.1 Å². The maximum atomic E-state index is 13.4. The van der Waals surface area contributed by atoms with Crippen LogP contribution in [0, 0.1) is 5.82 Å². The van der Waals surface area contributed by atoms with Crippen LogP contribution in [0.15, 0.2) is 15.8 Å². The van der Waals surface area contributed by atoms with Crippen LogP contribution < -0.4 is 11.2 Å². The summed E-state index contributed by atoms with van der Waals surface area (Å²) in [4.78, 5) is 59.7. The molecule has 1 aliphatic rings. The van der Waals surface area contributed by atoms with Gasteiger partial charge in [0.15, 0.2) is 5.06 Å². The van der Waals surface area contributed by atoms with Crippen molar-refractivity contribution in [3.8, 4) is 0 Å². The summed E-state index contributed by atoms with van der Waals surface area (Å²) in [7, 11) is -16.9. The van der Waals surface area contributed by atoms with Crippen molar-refractivity contribution in [1.82, 2.24) is 9.55 Å². The van der Waals surface area contributed by atoms with E-state index < -0.39 is 71.0 Å². The van der Waals surface area contributed by atoms with Gasteiger partial charge >= 0.3 is 29.2 Å². The van der Waals surface area contributed by atoms with Gasteiger partial charge in [-0.05, 0) is 0 Å². The molecular formula is C9H13ClFN2O14P3. The van der Waals surface area contributed by atoms with E-state index in [1.807, 2.05) is 0 Å². The number of H-pyrrole nitrogens is 1. The number of nitrogens with one attached hydrogen (secondary N) is 1. The summed E-state index contributed by atoms with van der Waals surface area (Å²) in [6.07, 6.45) is -3.33. The molecule has 0 spiro atoms. The molecule has 1 fully saturated rings. The number of aromatic amines is 1. The Morgan fingerprint density at radius 2 is 1.83 bits per heavy atom. The van der Waals surface area contributed by atoms with Crippen LogP contribution in [0.2, 0.25) is 0 Å². The number of rotatable bonds is 8. The van der Waals surface area contributed by atoms with E-state index in [1.54, 1.807) is 4.98 Å². The second kappa shape index (κ2) is 8.64. The molecule has 21 heteroatoms. The van der Waals surface area contributed by atoms with Crippen LogP contribution in [0.25, 0.3) is 0 Å². The van der Waals surface area contributed by atoms with Crippen LogP contribution in [0.1, 0.15) is 12.6 Å². The van der Waals surface area contributed by atoms with Gasteiger partial charge in [0.1, 0.15) is 12.3 Å². The van der Waals surface area contributed by atoms with Crippen molar-refractivity contribution in [3.63, 3.8) is 0 Å². The molecule has 0 bridgehead atoms. The molecule has 5 atom stereocenters. The predicted octanol–water partition coefficient (Wildman–Crippen LogP) is -0.766. The largest absolute Gasteiger partial charge is 0.490 e. The van der Waals surface area contributed by atoms with Gasteiger partial charge in [-0.3, -0.25) is 18.9 Å². The Morgan fingerprint density at radius 1 is 1.23 bits per heavy atom. The highest BCUT2D eigenvalue weighted by atomic mass is 35.5. The minimum Gasteiger partial charge on any atom is -0.372 e. The summed E-state index contributed by atoms with van der Waals surface area (Å²) >= 11 is 5.78. The Bertz CT molecular complexity index is 1070. The fourth-order valence-corrected chi connectivity index (χ4v) is 5.45. The molecule has 16 nitrogen and oxygen atoms in total. The minimum atomic E-state index is -5.76. The molecule has 1 aromatic rings. The van der Waals surface area contributed by atoms with E-state index in [-0.39, 0.29) is 0 Å². The Balaban J connectivity index is 2.10. The zero-order valence-corrected chi connectivity index (χ0v) is 17.5. The smallest absolute Gasteiger partial charge is 0.372 e. The van der Waals surface area contributed by atoms with Crippen molar-refractivity contribution in [2.24, 2.45) is 0 Å². The van der Waals surface area contributed by atoms with Gasteiger partial charge in [-0.2, -0.15) is 13.0 Å². The molecule has 0 amide bonds. The zero-order valence-electron chi connectivity index (χ0n) is 14.1. The third kappa shape index (κ3) is 6.87. The van der Waals surface area contributed by atoms with Crippen LogP contribution in [-0.2, 0) is 31.6 Å². The Labute approximate surface area is 169 Å². The van der Waals surface area contributed by atoms with E-state index >= 15 is 0 Å². The fourth-order valence-electron chi connectivity index (χ4n) is 2.19. The van der Waals surface area contributed by atoms with Crippen LogP contribution in [0.3, 0.4) is 0 Å². The molecule has 0 radical (unpaired) electrons. The molecule has 2 heterocycles. The predicted molar refractivity (Wildman–Crippen MR) is 90.4 cm³/mol. The molecule has 0 saturated carbocycles. The average molecular weight is 521 g/mol. The van der Waals surface area contributed by atoms with Gasteiger partial charge in [-0.15, -0.1) is 0 Å². The van der Waals surface area contributed by atoms with Gasteiger partial charge in [0.05, 0.1) is 12.8 Å². The molecule has 1 aliphatic heterocycles. The lowest BCUT2D eigenvalue weighted by Gasteiger charge is -2.22. The van der Waals surface area contributed by atoms with Crippen molar-refractivity contribution in [2.75, 3.05) is 6.61 Å². The van der Waals surface area contributed by atoms with Gasteiger partial charge in [-0.25, -0.2) is 18.5 Å². The number of phosphoric acid groups is 3. The number of aliphatic hydroxyl groups is 1. The fraction of sp³-hybridized carbons (Fsp3) is 0.556. The lowest BCUT2D eigenvalue weighted by atomic mass is 10.2. The maximum absolute atomic E-state index is 13.4.